The first-order valence-corrected chi connectivity index (χ1v) is 6.07. The van der Waals surface area contributed by atoms with E-state index in [1.165, 1.54) is 42.3 Å². The van der Waals surface area contributed by atoms with E-state index in [-0.39, 0.29) is 16.7 Å². The van der Waals surface area contributed by atoms with Gasteiger partial charge in [-0.25, -0.2) is 9.37 Å². The summed E-state index contributed by atoms with van der Waals surface area (Å²) in [6.07, 6.45) is 1.41. The van der Waals surface area contributed by atoms with Gasteiger partial charge in [0.2, 0.25) is 5.91 Å². The second-order valence-corrected chi connectivity index (χ2v) is 4.42. The third kappa shape index (κ3) is 2.93. The summed E-state index contributed by atoms with van der Waals surface area (Å²) in [5, 5.41) is 10.9. The summed E-state index contributed by atoms with van der Waals surface area (Å²) in [5.41, 5.74) is 1.33. The number of amides is 1. The zero-order valence-electron chi connectivity index (χ0n) is 10.5. The minimum Gasteiger partial charge on any atom is -0.630 e. The van der Waals surface area contributed by atoms with Gasteiger partial charge in [0.05, 0.1) is 10.7 Å². The largest absolute Gasteiger partial charge is 0.630 e. The predicted octanol–water partition coefficient (Wildman–Crippen LogP) is 2.25. The molecule has 1 aromatic heterocycles. The molecule has 1 aromatic carbocycles. The molecular weight excluding hydrogens is 285 g/mol. The Kier molecular flexibility index (Phi) is 4.29. The number of nitrogens with two attached hydrogens (primary N) is 1. The lowest BCUT2D eigenvalue weighted by Gasteiger charge is -2.21. The number of halogens is 2. The van der Waals surface area contributed by atoms with Crippen molar-refractivity contribution in [3.63, 3.8) is 0 Å². The number of pyridine rings is 1. The van der Waals surface area contributed by atoms with E-state index in [0.29, 0.717) is 16.9 Å². The number of quaternary nitrogens is 1. The van der Waals surface area contributed by atoms with Crippen LogP contribution in [0.25, 0.3) is 0 Å². The van der Waals surface area contributed by atoms with Crippen LogP contribution in [0.1, 0.15) is 6.92 Å². The van der Waals surface area contributed by atoms with E-state index in [1.54, 1.807) is 0 Å². The van der Waals surface area contributed by atoms with Crippen LogP contribution in [-0.4, -0.2) is 10.9 Å². The fourth-order valence-corrected chi connectivity index (χ4v) is 2.00. The van der Waals surface area contributed by atoms with Gasteiger partial charge in [-0.2, -0.15) is 0 Å². The lowest BCUT2D eigenvalue weighted by atomic mass is 10.2. The number of carbonyl (C=O) groups is 1. The maximum atomic E-state index is 13.1. The van der Waals surface area contributed by atoms with E-state index >= 15 is 0 Å². The van der Waals surface area contributed by atoms with Crippen LogP contribution in [0.15, 0.2) is 36.5 Å². The van der Waals surface area contributed by atoms with Crippen LogP contribution < -0.4 is 10.4 Å². The fraction of sp³-hybridized carbons (Fsp3) is 0.0769. The first-order valence-electron chi connectivity index (χ1n) is 5.70. The highest BCUT2D eigenvalue weighted by Crippen LogP contribution is 2.32. The number of rotatable bonds is 3. The summed E-state index contributed by atoms with van der Waals surface area (Å²) in [4.78, 5) is 17.1. The van der Waals surface area contributed by atoms with Gasteiger partial charge in [-0.3, -0.25) is 9.69 Å². The molecule has 2 aromatic rings. The highest BCUT2D eigenvalue weighted by Gasteiger charge is 2.19. The quantitative estimate of drug-likeness (QED) is 0.883. The Morgan fingerprint density at radius 3 is 2.75 bits per heavy atom. The van der Waals surface area contributed by atoms with Crippen molar-refractivity contribution in [3.8, 4) is 0 Å². The highest BCUT2D eigenvalue weighted by atomic mass is 35.5. The summed E-state index contributed by atoms with van der Waals surface area (Å²) in [7, 11) is 0. The fourth-order valence-electron chi connectivity index (χ4n) is 1.75. The molecule has 2 N–H and O–H groups in total. The van der Waals surface area contributed by atoms with Crippen molar-refractivity contribution in [2.75, 3.05) is 4.90 Å². The molecule has 1 heterocycles. The first-order chi connectivity index (χ1) is 9.52. The molecule has 2 rings (SSSR count). The average Bonchev–Trinajstić information content (AvgIpc) is 2.41. The predicted molar refractivity (Wildman–Crippen MR) is 73.4 cm³/mol. The molecule has 0 aliphatic rings. The molecule has 0 fully saturated rings. The van der Waals surface area contributed by atoms with Crippen LogP contribution in [0.5, 0.6) is 0 Å². The normalized spacial score (nSPS) is 10.4. The molecule has 0 radical (unpaired) electrons. The second-order valence-electron chi connectivity index (χ2n) is 4.02. The lowest BCUT2D eigenvalue weighted by Crippen LogP contribution is -2.70. The third-order valence-electron chi connectivity index (χ3n) is 2.60. The zero-order valence-corrected chi connectivity index (χ0v) is 11.3. The van der Waals surface area contributed by atoms with Crippen molar-refractivity contribution >= 4 is 34.7 Å². The van der Waals surface area contributed by atoms with Crippen LogP contribution in [0.4, 0.5) is 21.6 Å². The second kappa shape index (κ2) is 5.96. The Morgan fingerprint density at radius 2 is 2.15 bits per heavy atom. The molecule has 0 atom stereocenters. The molecule has 0 aliphatic heterocycles. The molecule has 0 saturated heterocycles. The van der Waals surface area contributed by atoms with Gasteiger partial charge in [-0.05, 0) is 18.2 Å². The van der Waals surface area contributed by atoms with Gasteiger partial charge >= 0.3 is 0 Å². The van der Waals surface area contributed by atoms with Gasteiger partial charge in [0.25, 0.3) is 0 Å². The highest BCUT2D eigenvalue weighted by molar-refractivity contribution is 6.34. The molecule has 0 bridgehead atoms. The van der Waals surface area contributed by atoms with E-state index in [9.17, 15) is 14.4 Å². The van der Waals surface area contributed by atoms with Crippen LogP contribution in [0.2, 0.25) is 5.02 Å². The van der Waals surface area contributed by atoms with Crippen LogP contribution in [0, 0.1) is 11.0 Å². The molecule has 0 spiro atoms. The molecule has 0 aliphatic carbocycles. The Bertz CT molecular complexity index is 651. The van der Waals surface area contributed by atoms with E-state index in [1.807, 2.05) is 0 Å². The summed E-state index contributed by atoms with van der Waals surface area (Å²) in [5.74, 6) is -0.610. The van der Waals surface area contributed by atoms with Crippen LogP contribution in [-0.2, 0) is 4.79 Å². The molecule has 104 valence electrons. The maximum Gasteiger partial charge on any atom is 0.229 e. The summed E-state index contributed by atoms with van der Waals surface area (Å²) in [6, 6.07) is 6.65. The van der Waals surface area contributed by atoms with Crippen molar-refractivity contribution < 1.29 is 14.7 Å². The topological polar surface area (TPSA) is 72.9 Å². The van der Waals surface area contributed by atoms with E-state index < -0.39 is 5.82 Å². The minimum atomic E-state index is -0.503. The smallest absolute Gasteiger partial charge is 0.229 e. The number of carbonyl (C=O) groups excluding carboxylic acids is 1. The number of aromatic nitrogens is 1. The third-order valence-corrected chi connectivity index (χ3v) is 2.90. The Balaban J connectivity index is 2.53. The monoisotopic (exact) mass is 295 g/mol. The summed E-state index contributed by atoms with van der Waals surface area (Å²) >= 11 is 5.96. The summed E-state index contributed by atoms with van der Waals surface area (Å²) < 4.78 is 13.1. The van der Waals surface area contributed by atoms with Gasteiger partial charge in [-0.15, -0.1) is 0 Å². The number of benzene rings is 1. The molecule has 0 saturated carbocycles. The minimum absolute atomic E-state index is 0.0820. The van der Waals surface area contributed by atoms with Crippen LogP contribution >= 0.6 is 11.6 Å². The zero-order chi connectivity index (χ0) is 14.7. The van der Waals surface area contributed by atoms with Gasteiger partial charge < -0.3 is 10.7 Å². The summed E-state index contributed by atoms with van der Waals surface area (Å²) in [6.45, 7) is 1.33. The molecule has 7 heteroatoms. The van der Waals surface area contributed by atoms with Crippen molar-refractivity contribution in [3.05, 3.63) is 52.6 Å². The molecule has 1 amide bonds. The standard InChI is InChI=1S/C13H11ClFN3O2/c1-8(19)18(12-3-2-9(15)6-11(12)14)13-7-10(17-20)4-5-16-13/h2-7H,17H2,1H3. The Hall–Kier alpha value is -2.02. The maximum absolute atomic E-state index is 13.1. The van der Waals surface area contributed by atoms with Gasteiger partial charge in [-0.1, -0.05) is 11.6 Å². The van der Waals surface area contributed by atoms with Crippen LogP contribution in [0.3, 0.4) is 0 Å². The Morgan fingerprint density at radius 1 is 1.40 bits per heavy atom. The first kappa shape index (κ1) is 14.4. The van der Waals surface area contributed by atoms with E-state index in [4.69, 9.17) is 11.6 Å². The number of hydrogen-bond acceptors (Lipinski definition) is 3. The Labute approximate surface area is 119 Å². The molecule has 5 nitrogen and oxygen atoms in total. The van der Waals surface area contributed by atoms with Gasteiger partial charge in [0.1, 0.15) is 17.3 Å². The molecule has 0 unspecified atom stereocenters. The average molecular weight is 296 g/mol. The van der Waals surface area contributed by atoms with Gasteiger partial charge in [0.15, 0.2) is 0 Å². The number of hydrogen-bond donors (Lipinski definition) is 1. The number of nitrogens with zero attached hydrogens (tertiary/aromatic N) is 2. The molecule has 20 heavy (non-hydrogen) atoms. The lowest BCUT2D eigenvalue weighted by molar-refractivity contribution is -0.497. The molecular formula is C13H11ClFN3O2. The van der Waals surface area contributed by atoms with Crippen molar-refractivity contribution in [1.29, 1.82) is 0 Å². The van der Waals surface area contributed by atoms with Crippen molar-refractivity contribution in [2.24, 2.45) is 0 Å². The van der Waals surface area contributed by atoms with E-state index in [0.717, 1.165) is 6.07 Å². The SMILES string of the molecule is CC(=O)N(c1cc([NH2+][O-])ccn1)c1ccc(F)cc1Cl. The number of anilines is 2. The van der Waals surface area contributed by atoms with Crippen molar-refractivity contribution in [2.45, 2.75) is 6.92 Å². The van der Waals surface area contributed by atoms with Crippen molar-refractivity contribution in [1.82, 2.24) is 4.98 Å². The van der Waals surface area contributed by atoms with E-state index in [2.05, 4.69) is 4.98 Å². The van der Waals surface area contributed by atoms with Gasteiger partial charge in [0, 0.05) is 25.3 Å².